The van der Waals surface area contributed by atoms with Gasteiger partial charge in [0.25, 0.3) is 5.91 Å². The van der Waals surface area contributed by atoms with Gasteiger partial charge in [0.05, 0.1) is 6.17 Å². The summed E-state index contributed by atoms with van der Waals surface area (Å²) in [5, 5.41) is 2.91. The number of rotatable bonds is 4. The predicted octanol–water partition coefficient (Wildman–Crippen LogP) is 1.79. The summed E-state index contributed by atoms with van der Waals surface area (Å²) in [7, 11) is 0. The van der Waals surface area contributed by atoms with E-state index in [0.29, 0.717) is 12.1 Å². The summed E-state index contributed by atoms with van der Waals surface area (Å²) >= 11 is 2.22. The zero-order valence-electron chi connectivity index (χ0n) is 10.9. The molecule has 4 nitrogen and oxygen atoms in total. The number of halogens is 1. The lowest BCUT2D eigenvalue weighted by molar-refractivity contribution is 0.0926. The van der Waals surface area contributed by atoms with E-state index in [9.17, 15) is 4.79 Å². The molecule has 1 saturated heterocycles. The van der Waals surface area contributed by atoms with Crippen molar-refractivity contribution in [3.63, 3.8) is 0 Å². The average molecular weight is 377 g/mol. The van der Waals surface area contributed by atoms with Gasteiger partial charge in [0.2, 0.25) is 0 Å². The minimum absolute atomic E-state index is 0.0520. The SMILES string of the molecule is NC(CNC(=O)c1ccc([131I])cc1)N1CCCCC1. The number of nitrogens with one attached hydrogen (secondary N) is 1. The van der Waals surface area contributed by atoms with Gasteiger partial charge in [-0.25, -0.2) is 0 Å². The van der Waals surface area contributed by atoms with Crippen molar-refractivity contribution in [1.82, 2.24) is 10.2 Å². The Morgan fingerprint density at radius 2 is 1.89 bits per heavy atom. The summed E-state index contributed by atoms with van der Waals surface area (Å²) in [6.45, 7) is 2.59. The quantitative estimate of drug-likeness (QED) is 0.787. The number of amides is 1. The highest BCUT2D eigenvalue weighted by molar-refractivity contribution is 14.1. The molecule has 2 rings (SSSR count). The molecule has 0 radical (unpaired) electrons. The maximum Gasteiger partial charge on any atom is 0.251 e. The van der Waals surface area contributed by atoms with Crippen LogP contribution in [0.5, 0.6) is 0 Å². The molecule has 0 bridgehead atoms. The topological polar surface area (TPSA) is 58.4 Å². The lowest BCUT2D eigenvalue weighted by Gasteiger charge is -2.32. The van der Waals surface area contributed by atoms with E-state index in [-0.39, 0.29) is 12.1 Å². The summed E-state index contributed by atoms with van der Waals surface area (Å²) in [5.41, 5.74) is 6.80. The Balaban J connectivity index is 1.81. The van der Waals surface area contributed by atoms with Crippen molar-refractivity contribution in [2.24, 2.45) is 5.73 Å². The van der Waals surface area contributed by atoms with Crippen molar-refractivity contribution in [2.75, 3.05) is 19.6 Å². The molecule has 5 heteroatoms. The molecule has 3 N–H and O–H groups in total. The maximum absolute atomic E-state index is 12.0. The Morgan fingerprint density at radius 3 is 2.53 bits per heavy atom. The van der Waals surface area contributed by atoms with E-state index in [2.05, 4.69) is 32.8 Å². The molecule has 104 valence electrons. The molecule has 0 saturated carbocycles. The second-order valence-electron chi connectivity index (χ2n) is 4.88. The lowest BCUT2D eigenvalue weighted by Crippen LogP contribution is -2.51. The van der Waals surface area contributed by atoms with Gasteiger partial charge < -0.3 is 11.1 Å². The fraction of sp³-hybridized carbons (Fsp3) is 0.500. The number of hydrogen-bond acceptors (Lipinski definition) is 3. The molecule has 1 aliphatic heterocycles. The second-order valence-corrected chi connectivity index (χ2v) is 6.13. The Labute approximate surface area is 127 Å². The van der Waals surface area contributed by atoms with Crippen LogP contribution < -0.4 is 11.1 Å². The van der Waals surface area contributed by atoms with Crippen LogP contribution in [0.3, 0.4) is 0 Å². The summed E-state index contributed by atoms with van der Waals surface area (Å²) < 4.78 is 1.12. The zero-order valence-corrected chi connectivity index (χ0v) is 13.1. The van der Waals surface area contributed by atoms with Gasteiger partial charge in [0, 0.05) is 15.7 Å². The minimum Gasteiger partial charge on any atom is -0.349 e. The van der Waals surface area contributed by atoms with E-state index >= 15 is 0 Å². The molecule has 0 aromatic heterocycles. The van der Waals surface area contributed by atoms with Gasteiger partial charge in [-0.2, -0.15) is 0 Å². The van der Waals surface area contributed by atoms with E-state index in [1.165, 1.54) is 19.3 Å². The predicted molar refractivity (Wildman–Crippen MR) is 84.9 cm³/mol. The van der Waals surface area contributed by atoms with Crippen LogP contribution in [0.25, 0.3) is 0 Å². The Morgan fingerprint density at radius 1 is 1.26 bits per heavy atom. The largest absolute Gasteiger partial charge is 0.349 e. The van der Waals surface area contributed by atoms with Crippen molar-refractivity contribution < 1.29 is 4.79 Å². The van der Waals surface area contributed by atoms with Crippen molar-refractivity contribution in [1.29, 1.82) is 0 Å². The number of nitrogens with zero attached hydrogens (tertiary/aromatic N) is 1. The van der Waals surface area contributed by atoms with Gasteiger partial charge in [-0.1, -0.05) is 6.42 Å². The standard InChI is InChI=1S/C14H20IN3O/c15-12-6-4-11(5-7-12)14(19)17-10-13(16)18-8-2-1-3-9-18/h4-7,13H,1-3,8-10,16H2,(H,17,19)/i15+4. The highest BCUT2D eigenvalue weighted by Crippen LogP contribution is 2.10. The van der Waals surface area contributed by atoms with Crippen LogP contribution in [0.15, 0.2) is 24.3 Å². The van der Waals surface area contributed by atoms with Crippen LogP contribution in [-0.2, 0) is 0 Å². The van der Waals surface area contributed by atoms with Gasteiger partial charge in [-0.15, -0.1) is 0 Å². The van der Waals surface area contributed by atoms with Crippen LogP contribution in [0, 0.1) is 3.57 Å². The fourth-order valence-corrected chi connectivity index (χ4v) is 2.64. The number of nitrogens with two attached hydrogens (primary N) is 1. The molecule has 0 aliphatic carbocycles. The fourth-order valence-electron chi connectivity index (χ4n) is 2.28. The summed E-state index contributed by atoms with van der Waals surface area (Å²) in [6.07, 6.45) is 3.63. The third kappa shape index (κ3) is 4.43. The van der Waals surface area contributed by atoms with Crippen molar-refractivity contribution in [2.45, 2.75) is 25.4 Å². The van der Waals surface area contributed by atoms with E-state index < -0.39 is 0 Å². The van der Waals surface area contributed by atoms with Gasteiger partial charge in [-0.3, -0.25) is 9.69 Å². The van der Waals surface area contributed by atoms with Gasteiger partial charge >= 0.3 is 0 Å². The first kappa shape index (κ1) is 14.7. The number of benzene rings is 1. The number of likely N-dealkylation sites (tertiary alicyclic amines) is 1. The lowest BCUT2D eigenvalue weighted by atomic mass is 10.1. The average Bonchev–Trinajstić information content (AvgIpc) is 2.46. The van der Waals surface area contributed by atoms with E-state index in [4.69, 9.17) is 5.73 Å². The Kier molecular flexibility index (Phi) is 5.59. The zero-order chi connectivity index (χ0) is 13.7. The summed E-state index contributed by atoms with van der Waals surface area (Å²) in [4.78, 5) is 14.2. The van der Waals surface area contributed by atoms with Crippen LogP contribution >= 0.6 is 22.6 Å². The number of carbonyl (C=O) groups excluding carboxylic acids is 1. The van der Waals surface area contributed by atoms with Gasteiger partial charge in [0.1, 0.15) is 0 Å². The van der Waals surface area contributed by atoms with Crippen LogP contribution in [-0.4, -0.2) is 36.6 Å². The molecule has 19 heavy (non-hydrogen) atoms. The Bertz CT molecular complexity index is 415. The number of carbonyl (C=O) groups is 1. The van der Waals surface area contributed by atoms with E-state index in [0.717, 1.165) is 16.7 Å². The van der Waals surface area contributed by atoms with Crippen LogP contribution in [0.2, 0.25) is 0 Å². The highest BCUT2D eigenvalue weighted by atomic mass is 131. The van der Waals surface area contributed by atoms with Crippen LogP contribution in [0.4, 0.5) is 0 Å². The molecule has 1 heterocycles. The van der Waals surface area contributed by atoms with E-state index in [1.807, 2.05) is 24.3 Å². The summed E-state index contributed by atoms with van der Waals surface area (Å²) in [5.74, 6) is -0.0520. The molecule has 1 fully saturated rings. The molecule has 1 amide bonds. The van der Waals surface area contributed by atoms with Crippen molar-refractivity contribution in [3.8, 4) is 0 Å². The second kappa shape index (κ2) is 7.21. The maximum atomic E-state index is 12.0. The van der Waals surface area contributed by atoms with E-state index in [1.54, 1.807) is 0 Å². The van der Waals surface area contributed by atoms with Crippen LogP contribution in [0.1, 0.15) is 29.6 Å². The highest BCUT2D eigenvalue weighted by Gasteiger charge is 2.17. The monoisotopic (exact) mass is 377 g/mol. The molecule has 1 unspecified atom stereocenters. The molecule has 1 aliphatic rings. The number of hydrogen-bond donors (Lipinski definition) is 2. The smallest absolute Gasteiger partial charge is 0.251 e. The van der Waals surface area contributed by atoms with Crippen molar-refractivity contribution in [3.05, 3.63) is 33.4 Å². The third-order valence-corrected chi connectivity index (χ3v) is 4.16. The molecule has 1 aromatic rings. The molecule has 1 aromatic carbocycles. The minimum atomic E-state index is -0.0758. The molecule has 1 atom stereocenters. The normalized spacial score (nSPS) is 18.0. The molecule has 0 spiro atoms. The third-order valence-electron chi connectivity index (χ3n) is 3.44. The van der Waals surface area contributed by atoms with Gasteiger partial charge in [0.15, 0.2) is 0 Å². The first-order valence-electron chi connectivity index (χ1n) is 6.70. The first-order chi connectivity index (χ1) is 9.16. The van der Waals surface area contributed by atoms with Gasteiger partial charge in [-0.05, 0) is 72.8 Å². The molecular formula is C14H20IN3O. The molecular weight excluding hydrogens is 357 g/mol. The Hall–Kier alpha value is -0.660. The first-order valence-corrected chi connectivity index (χ1v) is 7.78. The van der Waals surface area contributed by atoms with Crippen molar-refractivity contribution >= 4 is 28.5 Å². The number of piperidine rings is 1. The summed E-state index contributed by atoms with van der Waals surface area (Å²) in [6, 6.07) is 7.53.